The van der Waals surface area contributed by atoms with Crippen molar-refractivity contribution < 1.29 is 0 Å². The topological polar surface area (TPSA) is 86.0 Å². The van der Waals surface area contributed by atoms with Gasteiger partial charge in [0, 0.05) is 11.8 Å². The van der Waals surface area contributed by atoms with Gasteiger partial charge < -0.3 is 5.73 Å². The zero-order valence-corrected chi connectivity index (χ0v) is 17.3. The lowest BCUT2D eigenvalue weighted by Crippen LogP contribution is -2.62. The fourth-order valence-corrected chi connectivity index (χ4v) is 8.60. The highest BCUT2D eigenvalue weighted by atomic mass is 32.2. The molecule has 0 aromatic carbocycles. The molecule has 4 nitrogen and oxygen atoms in total. The number of nitrogens with zero attached hydrogens (tertiary/aromatic N) is 3. The third kappa shape index (κ3) is 2.38. The molecule has 6 heteroatoms. The summed E-state index contributed by atoms with van der Waals surface area (Å²) in [6, 6.07) is 5.20. The number of thioether (sulfide) groups is 2. The average Bonchev–Trinajstić information content (AvgIpc) is 2.91. The molecule has 4 atom stereocenters. The maximum atomic E-state index is 10.5. The van der Waals surface area contributed by atoms with Crippen LogP contribution < -0.4 is 5.73 Å². The second-order valence-corrected chi connectivity index (χ2v) is 10.3. The number of allylic oxidation sites excluding steroid dienone is 2. The van der Waals surface area contributed by atoms with Crippen molar-refractivity contribution >= 4 is 29.4 Å². The molecule has 0 aromatic heterocycles. The summed E-state index contributed by atoms with van der Waals surface area (Å²) in [5.41, 5.74) is 4.64. The van der Waals surface area contributed by atoms with E-state index in [0.29, 0.717) is 5.84 Å². The number of aliphatic imine (C=N–C) groups is 1. The van der Waals surface area contributed by atoms with E-state index in [0.717, 1.165) is 50.0 Å². The molecule has 1 fully saturated rings. The lowest BCUT2D eigenvalue weighted by molar-refractivity contribution is 0.0566. The molecule has 0 aromatic rings. The molecule has 0 spiro atoms. The highest BCUT2D eigenvalue weighted by molar-refractivity contribution is 8.18. The molecule has 3 aliphatic carbocycles. The highest BCUT2D eigenvalue weighted by Crippen LogP contribution is 2.73. The van der Waals surface area contributed by atoms with Gasteiger partial charge in [-0.1, -0.05) is 38.8 Å². The van der Waals surface area contributed by atoms with E-state index in [2.05, 4.69) is 38.1 Å². The first kappa shape index (κ1) is 19.6. The van der Waals surface area contributed by atoms with E-state index in [1.165, 1.54) is 0 Å². The van der Waals surface area contributed by atoms with Crippen LogP contribution in [0.25, 0.3) is 0 Å². The van der Waals surface area contributed by atoms with Gasteiger partial charge in [0.1, 0.15) is 16.7 Å². The van der Waals surface area contributed by atoms with Crippen LogP contribution in [0.2, 0.25) is 0 Å². The Morgan fingerprint density at radius 1 is 1.08 bits per heavy atom. The van der Waals surface area contributed by atoms with E-state index in [4.69, 9.17) is 10.7 Å². The molecule has 1 saturated carbocycles. The number of rotatable bonds is 8. The molecule has 0 unspecified atom stereocenters. The number of amidine groups is 1. The van der Waals surface area contributed by atoms with E-state index in [-0.39, 0.29) is 11.8 Å². The van der Waals surface area contributed by atoms with Crippen LogP contribution in [0.4, 0.5) is 0 Å². The lowest BCUT2D eigenvalue weighted by atomic mass is 9.46. The average molecular weight is 389 g/mol. The molecule has 4 aliphatic rings. The van der Waals surface area contributed by atoms with Crippen LogP contribution in [0.1, 0.15) is 52.4 Å². The van der Waals surface area contributed by atoms with Crippen molar-refractivity contribution in [1.82, 2.24) is 0 Å². The summed E-state index contributed by atoms with van der Waals surface area (Å²) >= 11 is 3.52. The van der Waals surface area contributed by atoms with Crippen LogP contribution in [0.15, 0.2) is 17.1 Å². The van der Waals surface area contributed by atoms with Gasteiger partial charge in [-0.25, -0.2) is 4.99 Å². The Bertz CT molecular complexity index is 679. The largest absolute Gasteiger partial charge is 0.386 e. The number of hydrogen-bond donors (Lipinski definition) is 1. The summed E-state index contributed by atoms with van der Waals surface area (Å²) in [5, 5.41) is 20.8. The molecule has 0 radical (unpaired) electrons. The van der Waals surface area contributed by atoms with Crippen LogP contribution in [0.5, 0.6) is 0 Å². The first-order valence-electron chi connectivity index (χ1n) is 9.73. The van der Waals surface area contributed by atoms with E-state index in [1.54, 1.807) is 23.5 Å². The summed E-state index contributed by atoms with van der Waals surface area (Å²) in [6.07, 6.45) is 10.6. The monoisotopic (exact) mass is 388 g/mol. The van der Waals surface area contributed by atoms with Gasteiger partial charge in [0.15, 0.2) is 4.20 Å². The maximum absolute atomic E-state index is 10.5. The predicted octanol–water partition coefficient (Wildman–Crippen LogP) is 4.69. The molecular formula is C20H28N4S2. The van der Waals surface area contributed by atoms with Gasteiger partial charge in [0.2, 0.25) is 0 Å². The predicted molar refractivity (Wildman–Crippen MR) is 111 cm³/mol. The fraction of sp³-hybridized carbons (Fsp3) is 0.750. The Balaban J connectivity index is 2.13. The molecule has 0 amide bonds. The number of nitriles is 2. The first-order valence-corrected chi connectivity index (χ1v) is 11.7. The molecular weight excluding hydrogens is 360 g/mol. The van der Waals surface area contributed by atoms with E-state index >= 15 is 0 Å². The Morgan fingerprint density at radius 3 is 2.12 bits per heavy atom. The number of nitrogens with two attached hydrogens (primary N) is 1. The maximum Gasteiger partial charge on any atom is 0.175 e. The number of hydrogen-bond acceptors (Lipinski definition) is 6. The van der Waals surface area contributed by atoms with Gasteiger partial charge in [0.05, 0.1) is 12.1 Å². The van der Waals surface area contributed by atoms with Gasteiger partial charge in [-0.3, -0.25) is 0 Å². The molecule has 2 N–H and O–H groups in total. The van der Waals surface area contributed by atoms with Crippen LogP contribution in [-0.4, -0.2) is 21.5 Å². The smallest absolute Gasteiger partial charge is 0.175 e. The standard InChI is InChI=1S/C20H28N4S2/c1-3-5-11-25-20(26-12-6-4-2)19(14-22)16-9-7-15(8-10-16)18(19,13-21)17(23)24-20/h7,9,15-16H,3-6,8,10-12H2,1-2H3,(H2,23,24)/t15-,16-,18-,19-/m0/s1. The quantitative estimate of drug-likeness (QED) is 0.370. The molecule has 2 bridgehead atoms. The third-order valence-corrected chi connectivity index (χ3v) is 9.51. The summed E-state index contributed by atoms with van der Waals surface area (Å²) in [7, 11) is 0. The molecule has 4 rings (SSSR count). The number of unbranched alkanes of at least 4 members (excludes halogenated alkanes) is 2. The van der Waals surface area contributed by atoms with E-state index in [9.17, 15) is 10.5 Å². The van der Waals surface area contributed by atoms with Crippen molar-refractivity contribution in [3.8, 4) is 12.1 Å². The van der Waals surface area contributed by atoms with E-state index < -0.39 is 15.0 Å². The van der Waals surface area contributed by atoms with Crippen molar-refractivity contribution in [2.24, 2.45) is 33.4 Å². The van der Waals surface area contributed by atoms with Crippen LogP contribution >= 0.6 is 23.5 Å². The van der Waals surface area contributed by atoms with Crippen LogP contribution in [0.3, 0.4) is 0 Å². The summed E-state index contributed by atoms with van der Waals surface area (Å²) < 4.78 is -0.667. The molecule has 140 valence electrons. The van der Waals surface area contributed by atoms with Gasteiger partial charge >= 0.3 is 0 Å². The van der Waals surface area contributed by atoms with Gasteiger partial charge in [-0.2, -0.15) is 10.5 Å². The van der Waals surface area contributed by atoms with Crippen molar-refractivity contribution in [3.05, 3.63) is 12.2 Å². The lowest BCUT2D eigenvalue weighted by Gasteiger charge is -2.56. The second kappa shape index (κ2) is 7.49. The van der Waals surface area contributed by atoms with Gasteiger partial charge in [0.25, 0.3) is 0 Å². The summed E-state index contributed by atoms with van der Waals surface area (Å²) in [6.45, 7) is 4.35. The Labute approximate surface area is 165 Å². The molecule has 1 aliphatic heterocycles. The van der Waals surface area contributed by atoms with Crippen molar-refractivity contribution in [3.63, 3.8) is 0 Å². The zero-order chi connectivity index (χ0) is 18.8. The minimum atomic E-state index is -0.974. The Hall–Kier alpha value is -1.11. The van der Waals surface area contributed by atoms with Crippen molar-refractivity contribution in [2.75, 3.05) is 11.5 Å². The SMILES string of the molecule is CCCCSC1(SCCCC)N=C(N)[C@]2(C#N)[C@H]3C=C[C@@H](CC3)[C@]12C#N. The normalized spacial score (nSPS) is 36.2. The molecule has 26 heavy (non-hydrogen) atoms. The third-order valence-electron chi connectivity index (χ3n) is 6.21. The van der Waals surface area contributed by atoms with Crippen molar-refractivity contribution in [1.29, 1.82) is 10.5 Å². The van der Waals surface area contributed by atoms with Crippen LogP contribution in [-0.2, 0) is 0 Å². The summed E-state index contributed by atoms with van der Waals surface area (Å²) in [5.74, 6) is 2.33. The Morgan fingerprint density at radius 2 is 1.65 bits per heavy atom. The molecule has 1 heterocycles. The van der Waals surface area contributed by atoms with Crippen LogP contribution in [0, 0.1) is 45.3 Å². The summed E-state index contributed by atoms with van der Waals surface area (Å²) in [4.78, 5) is 4.97. The fourth-order valence-electron chi connectivity index (χ4n) is 4.85. The minimum Gasteiger partial charge on any atom is -0.386 e. The zero-order valence-electron chi connectivity index (χ0n) is 15.7. The number of fused-ring (bicyclic) bond motifs is 1. The highest BCUT2D eigenvalue weighted by Gasteiger charge is 2.78. The van der Waals surface area contributed by atoms with E-state index in [1.807, 2.05) is 0 Å². The van der Waals surface area contributed by atoms with Gasteiger partial charge in [-0.15, -0.1) is 23.5 Å². The molecule has 0 saturated heterocycles. The van der Waals surface area contributed by atoms with Crippen molar-refractivity contribution in [2.45, 2.75) is 56.6 Å². The first-order chi connectivity index (χ1) is 12.6. The minimum absolute atomic E-state index is 0.00123. The second-order valence-electron chi connectivity index (χ2n) is 7.50. The van der Waals surface area contributed by atoms with Gasteiger partial charge in [-0.05, 0) is 37.2 Å². The Kier molecular flexibility index (Phi) is 5.66.